The first kappa shape index (κ1) is 20.7. The molecule has 0 aromatic heterocycles. The SMILES string of the molecule is Cc1ccc(NC(=S)N/N=C/c2ccc(N3CCOCC3)c([N+](=O)[O-])c2)c(C)c1. The van der Waals surface area contributed by atoms with Crippen molar-refractivity contribution in [3.63, 3.8) is 0 Å². The number of nitro groups is 1. The molecule has 0 bridgehead atoms. The van der Waals surface area contributed by atoms with Crippen LogP contribution in [0, 0.1) is 24.0 Å². The molecule has 0 spiro atoms. The summed E-state index contributed by atoms with van der Waals surface area (Å²) >= 11 is 5.25. The number of nitrogens with one attached hydrogen (secondary N) is 2. The van der Waals surface area contributed by atoms with Crippen LogP contribution in [0.4, 0.5) is 17.1 Å². The first-order valence-corrected chi connectivity index (χ1v) is 9.63. The van der Waals surface area contributed by atoms with Crippen LogP contribution >= 0.6 is 12.2 Å². The molecule has 1 saturated heterocycles. The smallest absolute Gasteiger partial charge is 0.293 e. The average Bonchev–Trinajstić information content (AvgIpc) is 2.70. The Morgan fingerprint density at radius 2 is 2.00 bits per heavy atom. The van der Waals surface area contributed by atoms with Gasteiger partial charge in [-0.2, -0.15) is 5.10 Å². The Bertz CT molecular complexity index is 942. The van der Waals surface area contributed by atoms with Gasteiger partial charge in [0.15, 0.2) is 5.11 Å². The van der Waals surface area contributed by atoms with Crippen molar-refractivity contribution in [1.29, 1.82) is 0 Å². The number of hydrazone groups is 1. The molecule has 0 aliphatic carbocycles. The molecule has 1 heterocycles. The number of anilines is 2. The van der Waals surface area contributed by atoms with Crippen LogP contribution in [0.1, 0.15) is 16.7 Å². The molecule has 1 aliphatic rings. The number of aryl methyl sites for hydroxylation is 2. The fourth-order valence-corrected chi connectivity index (χ4v) is 3.27. The van der Waals surface area contributed by atoms with E-state index in [9.17, 15) is 10.1 Å². The van der Waals surface area contributed by atoms with Gasteiger partial charge in [0.25, 0.3) is 5.69 Å². The minimum atomic E-state index is -0.373. The van der Waals surface area contributed by atoms with E-state index in [2.05, 4.69) is 21.9 Å². The van der Waals surface area contributed by atoms with Crippen LogP contribution < -0.4 is 15.6 Å². The summed E-state index contributed by atoms with van der Waals surface area (Å²) in [6.45, 7) is 6.42. The maximum absolute atomic E-state index is 11.5. The topological polar surface area (TPSA) is 92.0 Å². The van der Waals surface area contributed by atoms with E-state index in [1.807, 2.05) is 30.9 Å². The van der Waals surface area contributed by atoms with E-state index in [-0.39, 0.29) is 10.6 Å². The van der Waals surface area contributed by atoms with Gasteiger partial charge in [0, 0.05) is 30.4 Å². The van der Waals surface area contributed by atoms with Gasteiger partial charge in [-0.1, -0.05) is 23.8 Å². The summed E-state index contributed by atoms with van der Waals surface area (Å²) in [7, 11) is 0. The standard InChI is InChI=1S/C20H23N5O3S/c1-14-3-5-17(15(2)11-14)22-20(29)23-21-13-16-4-6-18(19(12-16)25(26)27)24-7-9-28-10-8-24/h3-6,11-13H,7-10H2,1-2H3,(H2,22,23,29)/b21-13+. The molecular weight excluding hydrogens is 390 g/mol. The van der Waals surface area contributed by atoms with Gasteiger partial charge in [0.1, 0.15) is 5.69 Å². The molecule has 152 valence electrons. The molecule has 0 radical (unpaired) electrons. The van der Waals surface area contributed by atoms with E-state index in [0.717, 1.165) is 11.3 Å². The average molecular weight is 414 g/mol. The van der Waals surface area contributed by atoms with Gasteiger partial charge in [-0.3, -0.25) is 15.5 Å². The largest absolute Gasteiger partial charge is 0.378 e. The lowest BCUT2D eigenvalue weighted by molar-refractivity contribution is -0.384. The summed E-state index contributed by atoms with van der Waals surface area (Å²) in [4.78, 5) is 13.1. The lowest BCUT2D eigenvalue weighted by atomic mass is 10.1. The van der Waals surface area contributed by atoms with Gasteiger partial charge >= 0.3 is 0 Å². The third kappa shape index (κ3) is 5.49. The summed E-state index contributed by atoms with van der Waals surface area (Å²) < 4.78 is 5.32. The number of thiocarbonyl (C=S) groups is 1. The molecule has 2 aromatic carbocycles. The number of hydrogen-bond donors (Lipinski definition) is 2. The van der Waals surface area contributed by atoms with Gasteiger partial charge in [0.05, 0.1) is 24.4 Å². The van der Waals surface area contributed by atoms with E-state index >= 15 is 0 Å². The molecule has 9 heteroatoms. The maximum atomic E-state index is 11.5. The second-order valence-corrected chi connectivity index (χ2v) is 7.16. The minimum absolute atomic E-state index is 0.0480. The summed E-state index contributed by atoms with van der Waals surface area (Å²) in [5.41, 5.74) is 7.14. The molecule has 1 fully saturated rings. The van der Waals surface area contributed by atoms with Crippen LogP contribution in [-0.2, 0) is 4.74 Å². The van der Waals surface area contributed by atoms with E-state index in [0.29, 0.717) is 42.7 Å². The molecule has 2 aromatic rings. The van der Waals surface area contributed by atoms with Crippen molar-refractivity contribution in [2.75, 3.05) is 36.5 Å². The van der Waals surface area contributed by atoms with Crippen molar-refractivity contribution in [2.45, 2.75) is 13.8 Å². The molecule has 8 nitrogen and oxygen atoms in total. The zero-order chi connectivity index (χ0) is 20.8. The fraction of sp³-hybridized carbons (Fsp3) is 0.300. The Morgan fingerprint density at radius 1 is 1.24 bits per heavy atom. The van der Waals surface area contributed by atoms with Crippen molar-refractivity contribution < 1.29 is 9.66 Å². The van der Waals surface area contributed by atoms with Gasteiger partial charge in [-0.25, -0.2) is 0 Å². The molecule has 2 N–H and O–H groups in total. The third-order valence-electron chi connectivity index (χ3n) is 4.56. The Hall–Kier alpha value is -3.04. The Labute approximate surface area is 174 Å². The molecule has 0 amide bonds. The molecule has 0 atom stereocenters. The van der Waals surface area contributed by atoms with Crippen LogP contribution in [0.15, 0.2) is 41.5 Å². The molecular formula is C20H23N5O3S. The first-order valence-electron chi connectivity index (χ1n) is 9.22. The van der Waals surface area contributed by atoms with E-state index in [4.69, 9.17) is 17.0 Å². The lowest BCUT2D eigenvalue weighted by Gasteiger charge is -2.28. The van der Waals surface area contributed by atoms with E-state index < -0.39 is 0 Å². The monoisotopic (exact) mass is 413 g/mol. The third-order valence-corrected chi connectivity index (χ3v) is 4.75. The molecule has 0 unspecified atom stereocenters. The summed E-state index contributed by atoms with van der Waals surface area (Å²) in [5.74, 6) is 0. The predicted molar refractivity (Wildman–Crippen MR) is 119 cm³/mol. The normalized spacial score (nSPS) is 14.1. The second kappa shape index (κ2) is 9.44. The number of nitro benzene ring substituents is 1. The highest BCUT2D eigenvalue weighted by molar-refractivity contribution is 7.80. The molecule has 1 aliphatic heterocycles. The van der Waals surface area contributed by atoms with Crippen LogP contribution in [0.2, 0.25) is 0 Å². The number of benzene rings is 2. The van der Waals surface area contributed by atoms with Crippen molar-refractivity contribution in [3.8, 4) is 0 Å². The van der Waals surface area contributed by atoms with Crippen molar-refractivity contribution in [2.24, 2.45) is 5.10 Å². The summed E-state index contributed by atoms with van der Waals surface area (Å²) in [6, 6.07) is 11.1. The van der Waals surface area contributed by atoms with Gasteiger partial charge in [-0.15, -0.1) is 0 Å². The summed E-state index contributed by atoms with van der Waals surface area (Å²) in [5, 5.41) is 19.0. The Morgan fingerprint density at radius 3 is 2.69 bits per heavy atom. The molecule has 0 saturated carbocycles. The molecule has 3 rings (SSSR count). The number of ether oxygens (including phenoxy) is 1. The van der Waals surface area contributed by atoms with Crippen molar-refractivity contribution in [3.05, 3.63) is 63.2 Å². The fourth-order valence-electron chi connectivity index (χ4n) is 3.11. The van der Waals surface area contributed by atoms with Crippen LogP contribution in [0.25, 0.3) is 0 Å². The quantitative estimate of drug-likeness (QED) is 0.336. The molecule has 29 heavy (non-hydrogen) atoms. The zero-order valence-corrected chi connectivity index (χ0v) is 17.2. The minimum Gasteiger partial charge on any atom is -0.378 e. The second-order valence-electron chi connectivity index (χ2n) is 6.75. The summed E-state index contributed by atoms with van der Waals surface area (Å²) in [6.07, 6.45) is 1.51. The highest BCUT2D eigenvalue weighted by Crippen LogP contribution is 2.29. The van der Waals surface area contributed by atoms with E-state index in [1.54, 1.807) is 12.1 Å². The van der Waals surface area contributed by atoms with Gasteiger partial charge < -0.3 is 15.0 Å². The number of morpholine rings is 1. The van der Waals surface area contributed by atoms with Crippen LogP contribution in [-0.4, -0.2) is 42.6 Å². The van der Waals surface area contributed by atoms with Crippen LogP contribution in [0.5, 0.6) is 0 Å². The number of nitrogens with zero attached hydrogens (tertiary/aromatic N) is 3. The zero-order valence-electron chi connectivity index (χ0n) is 16.3. The maximum Gasteiger partial charge on any atom is 0.293 e. The van der Waals surface area contributed by atoms with Crippen molar-refractivity contribution >= 4 is 40.6 Å². The lowest BCUT2D eigenvalue weighted by Crippen LogP contribution is -2.36. The highest BCUT2D eigenvalue weighted by atomic mass is 32.1. The first-order chi connectivity index (χ1) is 13.9. The number of hydrogen-bond acceptors (Lipinski definition) is 6. The highest BCUT2D eigenvalue weighted by Gasteiger charge is 2.21. The number of rotatable bonds is 5. The van der Waals surface area contributed by atoms with Crippen molar-refractivity contribution in [1.82, 2.24) is 5.43 Å². The van der Waals surface area contributed by atoms with Crippen LogP contribution in [0.3, 0.4) is 0 Å². The Balaban J connectivity index is 1.66. The van der Waals surface area contributed by atoms with E-state index in [1.165, 1.54) is 17.8 Å². The van der Waals surface area contributed by atoms with Gasteiger partial charge in [0.2, 0.25) is 0 Å². The Kier molecular flexibility index (Phi) is 6.73. The van der Waals surface area contributed by atoms with Gasteiger partial charge in [-0.05, 0) is 43.8 Å². The predicted octanol–water partition coefficient (Wildman–Crippen LogP) is 3.37.